The molecule has 27 heavy (non-hydrogen) atoms. The van der Waals surface area contributed by atoms with Crippen LogP contribution in [0.5, 0.6) is 0 Å². The zero-order chi connectivity index (χ0) is 19.1. The number of carboxylic acids is 1. The van der Waals surface area contributed by atoms with Crippen LogP contribution in [0.1, 0.15) is 18.9 Å². The normalized spacial score (nSPS) is 17.0. The number of benzene rings is 2. The molecule has 2 heterocycles. The van der Waals surface area contributed by atoms with E-state index in [1.807, 2.05) is 18.2 Å². The van der Waals surface area contributed by atoms with Crippen LogP contribution in [0.3, 0.4) is 0 Å². The van der Waals surface area contributed by atoms with E-state index in [1.165, 1.54) is 4.90 Å². The minimum absolute atomic E-state index is 0.00399. The van der Waals surface area contributed by atoms with Gasteiger partial charge in [-0.05, 0) is 42.3 Å². The molecule has 1 saturated heterocycles. The van der Waals surface area contributed by atoms with Crippen molar-refractivity contribution in [2.24, 2.45) is 5.92 Å². The molecule has 0 unspecified atom stereocenters. The van der Waals surface area contributed by atoms with Crippen molar-refractivity contribution in [3.63, 3.8) is 0 Å². The Bertz CT molecular complexity index is 1060. The average molecular weight is 385 g/mol. The Morgan fingerprint density at radius 2 is 2.15 bits per heavy atom. The van der Waals surface area contributed by atoms with Crippen molar-refractivity contribution in [1.82, 2.24) is 4.98 Å². The molecule has 7 heteroatoms. The van der Waals surface area contributed by atoms with Gasteiger partial charge in [0, 0.05) is 18.7 Å². The molecule has 6 nitrogen and oxygen atoms in total. The fourth-order valence-corrected chi connectivity index (χ4v) is 3.47. The van der Waals surface area contributed by atoms with Crippen molar-refractivity contribution in [1.29, 1.82) is 0 Å². The van der Waals surface area contributed by atoms with Gasteiger partial charge in [0.05, 0.1) is 16.5 Å². The van der Waals surface area contributed by atoms with Gasteiger partial charge in [0.1, 0.15) is 5.52 Å². The molecule has 1 N–H and O–H groups in total. The molecule has 0 spiro atoms. The van der Waals surface area contributed by atoms with Gasteiger partial charge in [0.15, 0.2) is 5.58 Å². The first-order chi connectivity index (χ1) is 13.0. The van der Waals surface area contributed by atoms with Crippen molar-refractivity contribution in [3.05, 3.63) is 47.0 Å². The van der Waals surface area contributed by atoms with Gasteiger partial charge in [0.2, 0.25) is 11.8 Å². The minimum atomic E-state index is -0.967. The van der Waals surface area contributed by atoms with Crippen molar-refractivity contribution in [3.8, 4) is 11.5 Å². The Balaban J connectivity index is 1.73. The Morgan fingerprint density at radius 1 is 1.33 bits per heavy atom. The fraction of sp³-hybridized carbons (Fsp3) is 0.250. The molecule has 0 aliphatic carbocycles. The zero-order valence-corrected chi connectivity index (χ0v) is 15.4. The van der Waals surface area contributed by atoms with Crippen molar-refractivity contribution in [2.75, 3.05) is 11.4 Å². The molecule has 0 bridgehead atoms. The number of aryl methyl sites for hydroxylation is 1. The SMILES string of the molecule is CCc1ccc2oc(-c3cc(N4C[C@H](C(=O)O)CC4=O)ccc3Cl)nc2c1. The summed E-state index contributed by atoms with van der Waals surface area (Å²) >= 11 is 6.34. The Kier molecular flexibility index (Phi) is 4.36. The van der Waals surface area contributed by atoms with Crippen LogP contribution in [0.25, 0.3) is 22.6 Å². The number of aliphatic carboxylic acids is 1. The van der Waals surface area contributed by atoms with E-state index < -0.39 is 11.9 Å². The largest absolute Gasteiger partial charge is 0.481 e. The molecule has 1 fully saturated rings. The lowest BCUT2D eigenvalue weighted by molar-refractivity contribution is -0.141. The van der Waals surface area contributed by atoms with E-state index in [9.17, 15) is 14.7 Å². The predicted octanol–water partition coefficient (Wildman–Crippen LogP) is 4.15. The second-order valence-corrected chi connectivity index (χ2v) is 6.99. The number of hydrogen-bond acceptors (Lipinski definition) is 4. The molecule has 0 radical (unpaired) electrons. The third-order valence-corrected chi connectivity index (χ3v) is 5.16. The number of oxazole rings is 1. The molecule has 3 aromatic rings. The van der Waals surface area contributed by atoms with Gasteiger partial charge in [-0.25, -0.2) is 4.98 Å². The highest BCUT2D eigenvalue weighted by atomic mass is 35.5. The number of hydrogen-bond donors (Lipinski definition) is 1. The van der Waals surface area contributed by atoms with Gasteiger partial charge in [-0.2, -0.15) is 0 Å². The van der Waals surface area contributed by atoms with E-state index in [1.54, 1.807) is 18.2 Å². The standard InChI is InChI=1S/C20H17ClN2O4/c1-2-11-3-6-17-16(7-11)22-19(27-17)14-9-13(4-5-15(14)21)23-10-12(20(25)26)8-18(23)24/h3-7,9,12H,2,8,10H2,1H3,(H,25,26)/t12-/m1/s1. The Labute approximate surface area is 160 Å². The van der Waals surface area contributed by atoms with E-state index in [0.29, 0.717) is 27.7 Å². The highest BCUT2D eigenvalue weighted by Crippen LogP contribution is 2.35. The summed E-state index contributed by atoms with van der Waals surface area (Å²) in [6, 6.07) is 10.9. The lowest BCUT2D eigenvalue weighted by Gasteiger charge is -2.17. The van der Waals surface area contributed by atoms with E-state index in [2.05, 4.69) is 11.9 Å². The minimum Gasteiger partial charge on any atom is -0.481 e. The Hall–Kier alpha value is -2.86. The topological polar surface area (TPSA) is 83.6 Å². The number of amides is 1. The summed E-state index contributed by atoms with van der Waals surface area (Å²) in [4.78, 5) is 29.4. The van der Waals surface area contributed by atoms with E-state index in [-0.39, 0.29) is 18.9 Å². The van der Waals surface area contributed by atoms with Crippen LogP contribution in [0.4, 0.5) is 5.69 Å². The summed E-state index contributed by atoms with van der Waals surface area (Å²) in [5.41, 5.74) is 3.71. The fourth-order valence-electron chi connectivity index (χ4n) is 3.28. The highest BCUT2D eigenvalue weighted by molar-refractivity contribution is 6.33. The quantitative estimate of drug-likeness (QED) is 0.730. The van der Waals surface area contributed by atoms with Crippen LogP contribution in [0, 0.1) is 5.92 Å². The first-order valence-corrected chi connectivity index (χ1v) is 9.06. The number of halogens is 1. The van der Waals surface area contributed by atoms with Crippen LogP contribution >= 0.6 is 11.6 Å². The molecule has 2 aromatic carbocycles. The van der Waals surface area contributed by atoms with Crippen LogP contribution in [-0.4, -0.2) is 28.5 Å². The molecule has 1 aliphatic rings. The first-order valence-electron chi connectivity index (χ1n) is 8.69. The number of nitrogens with zero attached hydrogens (tertiary/aromatic N) is 2. The second-order valence-electron chi connectivity index (χ2n) is 6.58. The molecule has 138 valence electrons. The maximum atomic E-state index is 12.2. The molecule has 1 atom stereocenters. The van der Waals surface area contributed by atoms with Crippen LogP contribution in [0.2, 0.25) is 5.02 Å². The lowest BCUT2D eigenvalue weighted by atomic mass is 10.1. The summed E-state index contributed by atoms with van der Waals surface area (Å²) in [7, 11) is 0. The third kappa shape index (κ3) is 3.17. The number of carbonyl (C=O) groups is 2. The van der Waals surface area contributed by atoms with Crippen LogP contribution in [0.15, 0.2) is 40.8 Å². The van der Waals surface area contributed by atoms with Crippen molar-refractivity contribution >= 4 is 40.3 Å². The van der Waals surface area contributed by atoms with E-state index in [4.69, 9.17) is 16.0 Å². The lowest BCUT2D eigenvalue weighted by Crippen LogP contribution is -2.25. The maximum Gasteiger partial charge on any atom is 0.308 e. The summed E-state index contributed by atoms with van der Waals surface area (Å²) < 4.78 is 5.85. The third-order valence-electron chi connectivity index (χ3n) is 4.83. The molecular formula is C20H17ClN2O4. The molecular weight excluding hydrogens is 368 g/mol. The predicted molar refractivity (Wildman–Crippen MR) is 102 cm³/mol. The number of anilines is 1. The van der Waals surface area contributed by atoms with E-state index in [0.717, 1.165) is 17.5 Å². The monoisotopic (exact) mass is 384 g/mol. The van der Waals surface area contributed by atoms with Crippen LogP contribution < -0.4 is 4.90 Å². The van der Waals surface area contributed by atoms with E-state index >= 15 is 0 Å². The number of carboxylic acid groups (broad SMARTS) is 1. The van der Waals surface area contributed by atoms with Gasteiger partial charge in [0.25, 0.3) is 0 Å². The van der Waals surface area contributed by atoms with Gasteiger partial charge in [-0.3, -0.25) is 9.59 Å². The zero-order valence-electron chi connectivity index (χ0n) is 14.6. The average Bonchev–Trinajstić information content (AvgIpc) is 3.25. The summed E-state index contributed by atoms with van der Waals surface area (Å²) in [6.45, 7) is 2.21. The first kappa shape index (κ1) is 17.5. The highest BCUT2D eigenvalue weighted by Gasteiger charge is 2.35. The van der Waals surface area contributed by atoms with Gasteiger partial charge in [-0.1, -0.05) is 24.6 Å². The molecule has 0 saturated carbocycles. The molecule has 1 aromatic heterocycles. The van der Waals surface area contributed by atoms with Crippen LogP contribution in [-0.2, 0) is 16.0 Å². The summed E-state index contributed by atoms with van der Waals surface area (Å²) in [5.74, 6) is -1.52. The van der Waals surface area contributed by atoms with Gasteiger partial charge in [-0.15, -0.1) is 0 Å². The number of aromatic nitrogens is 1. The molecule has 1 amide bonds. The smallest absolute Gasteiger partial charge is 0.308 e. The molecule has 1 aliphatic heterocycles. The number of carbonyl (C=O) groups excluding carboxylic acids is 1. The number of fused-ring (bicyclic) bond motifs is 1. The van der Waals surface area contributed by atoms with Gasteiger partial charge < -0.3 is 14.4 Å². The second kappa shape index (κ2) is 6.70. The Morgan fingerprint density at radius 3 is 2.85 bits per heavy atom. The summed E-state index contributed by atoms with van der Waals surface area (Å²) in [5, 5.41) is 9.62. The number of rotatable bonds is 4. The maximum absolute atomic E-state index is 12.2. The van der Waals surface area contributed by atoms with Crippen molar-refractivity contribution in [2.45, 2.75) is 19.8 Å². The summed E-state index contributed by atoms with van der Waals surface area (Å²) in [6.07, 6.45) is 0.895. The van der Waals surface area contributed by atoms with Crippen molar-refractivity contribution < 1.29 is 19.1 Å². The van der Waals surface area contributed by atoms with Gasteiger partial charge >= 0.3 is 5.97 Å². The molecule has 4 rings (SSSR count).